The van der Waals surface area contributed by atoms with E-state index < -0.39 is 0 Å². The number of furan rings is 1. The van der Waals surface area contributed by atoms with Gasteiger partial charge in [-0.25, -0.2) is 0 Å². The molecule has 0 spiro atoms. The Hall–Kier alpha value is -2.56. The SMILES string of the molecule is O=C(NCC(c1ccccc1Cl)N1CCCC1)c1occc1-c1ccccc1. The summed E-state index contributed by atoms with van der Waals surface area (Å²) in [5.41, 5.74) is 2.81. The summed E-state index contributed by atoms with van der Waals surface area (Å²) in [4.78, 5) is 15.3. The highest BCUT2D eigenvalue weighted by Gasteiger charge is 2.26. The number of rotatable bonds is 6. The van der Waals surface area contributed by atoms with Crippen LogP contribution in [-0.2, 0) is 0 Å². The van der Waals surface area contributed by atoms with Gasteiger partial charge in [-0.15, -0.1) is 0 Å². The number of halogens is 1. The summed E-state index contributed by atoms with van der Waals surface area (Å²) in [7, 11) is 0. The quantitative estimate of drug-likeness (QED) is 0.627. The average Bonchev–Trinajstić information content (AvgIpc) is 3.42. The maximum atomic E-state index is 12.9. The fourth-order valence-corrected chi connectivity index (χ4v) is 4.10. The molecule has 0 aliphatic carbocycles. The van der Waals surface area contributed by atoms with Gasteiger partial charge in [-0.05, 0) is 49.2 Å². The molecule has 1 aliphatic heterocycles. The molecule has 1 fully saturated rings. The lowest BCUT2D eigenvalue weighted by Gasteiger charge is -2.28. The van der Waals surface area contributed by atoms with Crippen LogP contribution in [0.2, 0.25) is 5.02 Å². The van der Waals surface area contributed by atoms with Crippen molar-refractivity contribution in [3.05, 3.63) is 83.3 Å². The molecule has 3 aromatic rings. The number of likely N-dealkylation sites (tertiary alicyclic amines) is 1. The molecule has 4 rings (SSSR count). The van der Waals surface area contributed by atoms with Crippen molar-refractivity contribution in [2.75, 3.05) is 19.6 Å². The molecule has 28 heavy (non-hydrogen) atoms. The van der Waals surface area contributed by atoms with Crippen molar-refractivity contribution in [2.24, 2.45) is 0 Å². The summed E-state index contributed by atoms with van der Waals surface area (Å²) in [6, 6.07) is 19.5. The van der Waals surface area contributed by atoms with E-state index in [4.69, 9.17) is 16.0 Å². The van der Waals surface area contributed by atoms with Gasteiger partial charge in [-0.1, -0.05) is 60.1 Å². The molecule has 1 atom stereocenters. The summed E-state index contributed by atoms with van der Waals surface area (Å²) in [6.07, 6.45) is 3.90. The van der Waals surface area contributed by atoms with Crippen LogP contribution >= 0.6 is 11.6 Å². The predicted octanol–water partition coefficient (Wildman–Crippen LogP) is 5.17. The minimum atomic E-state index is -0.208. The maximum Gasteiger partial charge on any atom is 0.287 e. The lowest BCUT2D eigenvalue weighted by molar-refractivity contribution is 0.0911. The van der Waals surface area contributed by atoms with Gasteiger partial charge in [0.05, 0.1) is 12.3 Å². The number of benzene rings is 2. The molecule has 4 nitrogen and oxygen atoms in total. The van der Waals surface area contributed by atoms with Gasteiger partial charge in [0, 0.05) is 17.1 Å². The zero-order valence-electron chi connectivity index (χ0n) is 15.6. The molecule has 1 unspecified atom stereocenters. The van der Waals surface area contributed by atoms with Crippen molar-refractivity contribution in [1.82, 2.24) is 10.2 Å². The molecule has 1 N–H and O–H groups in total. The van der Waals surface area contributed by atoms with Crippen LogP contribution < -0.4 is 5.32 Å². The molecule has 1 amide bonds. The van der Waals surface area contributed by atoms with Crippen molar-refractivity contribution in [2.45, 2.75) is 18.9 Å². The second-order valence-electron chi connectivity index (χ2n) is 7.02. The van der Waals surface area contributed by atoms with Crippen molar-refractivity contribution in [3.63, 3.8) is 0 Å². The topological polar surface area (TPSA) is 45.5 Å². The highest BCUT2D eigenvalue weighted by molar-refractivity contribution is 6.31. The first-order valence-electron chi connectivity index (χ1n) is 9.63. The van der Waals surface area contributed by atoms with Gasteiger partial charge in [0.15, 0.2) is 5.76 Å². The summed E-state index contributed by atoms with van der Waals surface area (Å²) < 4.78 is 5.52. The first-order valence-corrected chi connectivity index (χ1v) is 10.0. The Labute approximate surface area is 170 Å². The van der Waals surface area contributed by atoms with Crippen LogP contribution in [-0.4, -0.2) is 30.4 Å². The molecule has 0 radical (unpaired) electrons. The lowest BCUT2D eigenvalue weighted by atomic mass is 10.0. The Balaban J connectivity index is 1.53. The molecule has 1 aromatic heterocycles. The zero-order chi connectivity index (χ0) is 19.3. The molecule has 0 bridgehead atoms. The number of carbonyl (C=O) groups is 1. The number of nitrogens with one attached hydrogen (secondary N) is 1. The van der Waals surface area contributed by atoms with Gasteiger partial charge >= 0.3 is 0 Å². The third-order valence-corrected chi connectivity index (χ3v) is 5.60. The molecule has 2 heterocycles. The second-order valence-corrected chi connectivity index (χ2v) is 7.43. The summed E-state index contributed by atoms with van der Waals surface area (Å²) in [5.74, 6) is 0.130. The van der Waals surface area contributed by atoms with E-state index in [-0.39, 0.29) is 11.9 Å². The van der Waals surface area contributed by atoms with E-state index in [0.717, 1.165) is 34.8 Å². The van der Waals surface area contributed by atoms with Crippen molar-refractivity contribution in [3.8, 4) is 11.1 Å². The Morgan fingerprint density at radius 3 is 2.50 bits per heavy atom. The lowest BCUT2D eigenvalue weighted by Crippen LogP contribution is -2.37. The minimum absolute atomic E-state index is 0.0512. The Kier molecular flexibility index (Phi) is 5.79. The van der Waals surface area contributed by atoms with Gasteiger partial charge in [0.25, 0.3) is 5.91 Å². The standard InChI is InChI=1S/C23H23ClN2O2/c24-20-11-5-4-10-19(20)21(26-13-6-7-14-26)16-25-23(27)22-18(12-15-28-22)17-8-2-1-3-9-17/h1-5,8-12,15,21H,6-7,13-14,16H2,(H,25,27). The Morgan fingerprint density at radius 2 is 1.75 bits per heavy atom. The number of carbonyl (C=O) groups excluding carboxylic acids is 1. The third kappa shape index (κ3) is 3.98. The summed E-state index contributed by atoms with van der Waals surface area (Å²) in [5, 5.41) is 3.80. The number of nitrogens with zero attached hydrogens (tertiary/aromatic N) is 1. The van der Waals surface area contributed by atoms with Crippen molar-refractivity contribution >= 4 is 17.5 Å². The normalized spacial score (nSPS) is 15.5. The van der Waals surface area contributed by atoms with Crippen LogP contribution in [0.15, 0.2) is 71.3 Å². The van der Waals surface area contributed by atoms with E-state index in [1.807, 2.05) is 60.7 Å². The van der Waals surface area contributed by atoms with Crippen LogP contribution in [0, 0.1) is 0 Å². The van der Waals surface area contributed by atoms with Gasteiger partial charge in [-0.2, -0.15) is 0 Å². The summed E-state index contributed by atoms with van der Waals surface area (Å²) >= 11 is 6.46. The molecule has 1 aliphatic rings. The molecule has 5 heteroatoms. The first kappa shape index (κ1) is 18.8. The van der Waals surface area contributed by atoms with E-state index in [1.165, 1.54) is 12.8 Å². The average molecular weight is 395 g/mol. The van der Waals surface area contributed by atoms with E-state index >= 15 is 0 Å². The highest BCUT2D eigenvalue weighted by atomic mass is 35.5. The van der Waals surface area contributed by atoms with Crippen LogP contribution in [0.1, 0.15) is 35.0 Å². The van der Waals surface area contributed by atoms with Crippen molar-refractivity contribution < 1.29 is 9.21 Å². The molecular formula is C23H23ClN2O2. The first-order chi connectivity index (χ1) is 13.7. The van der Waals surface area contributed by atoms with Gasteiger partial charge in [-0.3, -0.25) is 9.69 Å². The Bertz CT molecular complexity index is 933. The number of amides is 1. The molecule has 144 valence electrons. The molecular weight excluding hydrogens is 372 g/mol. The van der Waals surface area contributed by atoms with Gasteiger partial charge in [0.2, 0.25) is 0 Å². The largest absolute Gasteiger partial charge is 0.459 e. The van der Waals surface area contributed by atoms with E-state index in [2.05, 4.69) is 10.2 Å². The minimum Gasteiger partial charge on any atom is -0.459 e. The smallest absolute Gasteiger partial charge is 0.287 e. The van der Waals surface area contributed by atoms with E-state index in [1.54, 1.807) is 6.26 Å². The van der Waals surface area contributed by atoms with Crippen LogP contribution in [0.4, 0.5) is 0 Å². The van der Waals surface area contributed by atoms with E-state index in [9.17, 15) is 4.79 Å². The summed E-state index contributed by atoms with van der Waals surface area (Å²) in [6.45, 7) is 2.51. The van der Waals surface area contributed by atoms with Crippen molar-refractivity contribution in [1.29, 1.82) is 0 Å². The molecule has 2 aromatic carbocycles. The predicted molar refractivity (Wildman–Crippen MR) is 111 cm³/mol. The highest BCUT2D eigenvalue weighted by Crippen LogP contribution is 2.30. The van der Waals surface area contributed by atoms with Crippen LogP contribution in [0.25, 0.3) is 11.1 Å². The fourth-order valence-electron chi connectivity index (χ4n) is 3.83. The van der Waals surface area contributed by atoms with Crippen LogP contribution in [0.5, 0.6) is 0 Å². The molecule has 0 saturated carbocycles. The van der Waals surface area contributed by atoms with Gasteiger partial charge in [0.1, 0.15) is 0 Å². The fraction of sp³-hybridized carbons (Fsp3) is 0.261. The maximum absolute atomic E-state index is 12.9. The van der Waals surface area contributed by atoms with Crippen LogP contribution in [0.3, 0.4) is 0 Å². The zero-order valence-corrected chi connectivity index (χ0v) is 16.4. The third-order valence-electron chi connectivity index (χ3n) is 5.26. The molecule has 1 saturated heterocycles. The Morgan fingerprint density at radius 1 is 1.04 bits per heavy atom. The second kappa shape index (κ2) is 8.63. The number of hydrogen-bond acceptors (Lipinski definition) is 3. The van der Waals surface area contributed by atoms with Gasteiger partial charge < -0.3 is 9.73 Å². The van der Waals surface area contributed by atoms with E-state index in [0.29, 0.717) is 12.3 Å². The number of hydrogen-bond donors (Lipinski definition) is 1. The monoisotopic (exact) mass is 394 g/mol.